The predicted octanol–water partition coefficient (Wildman–Crippen LogP) is 2.18. The fourth-order valence-electron chi connectivity index (χ4n) is 4.12. The van der Waals surface area contributed by atoms with Gasteiger partial charge in [0, 0.05) is 19.0 Å². The number of amidine groups is 1. The van der Waals surface area contributed by atoms with Crippen LogP contribution in [0.1, 0.15) is 34.3 Å². The van der Waals surface area contributed by atoms with Crippen molar-refractivity contribution < 1.29 is 22.7 Å². The lowest BCUT2D eigenvalue weighted by atomic mass is 9.98. The fraction of sp³-hybridized carbons (Fsp3) is 0.364. The molecule has 1 amide bonds. The third-order valence-corrected chi connectivity index (χ3v) is 6.71. The van der Waals surface area contributed by atoms with Crippen molar-refractivity contribution in [1.82, 2.24) is 4.90 Å². The van der Waals surface area contributed by atoms with E-state index >= 15 is 0 Å². The first kappa shape index (κ1) is 21.2. The van der Waals surface area contributed by atoms with E-state index < -0.39 is 10.0 Å². The predicted molar refractivity (Wildman–Crippen MR) is 117 cm³/mol. The highest BCUT2D eigenvalue weighted by molar-refractivity contribution is 7.89. The van der Waals surface area contributed by atoms with Gasteiger partial charge in [0.25, 0.3) is 15.9 Å². The molecule has 2 aromatic rings. The van der Waals surface area contributed by atoms with Gasteiger partial charge in [0.05, 0.1) is 30.6 Å². The summed E-state index contributed by atoms with van der Waals surface area (Å²) >= 11 is 0. The van der Waals surface area contributed by atoms with Gasteiger partial charge in [0.2, 0.25) is 0 Å². The topological polar surface area (TPSA) is 111 Å². The molecule has 31 heavy (non-hydrogen) atoms. The Bertz CT molecular complexity index is 1130. The van der Waals surface area contributed by atoms with Crippen molar-refractivity contribution in [2.75, 3.05) is 26.8 Å². The number of nitrogens with zero attached hydrogens (tertiary/aromatic N) is 2. The Balaban J connectivity index is 1.45. The number of hydrogen-bond acceptors (Lipinski definition) is 6. The van der Waals surface area contributed by atoms with E-state index in [0.29, 0.717) is 47.9 Å². The van der Waals surface area contributed by atoms with E-state index in [1.807, 2.05) is 17.0 Å². The second-order valence-corrected chi connectivity index (χ2v) is 9.40. The number of carbonyl (C=O) groups excluding carboxylic acids is 1. The van der Waals surface area contributed by atoms with E-state index in [-0.39, 0.29) is 23.4 Å². The van der Waals surface area contributed by atoms with Crippen molar-refractivity contribution in [2.45, 2.75) is 18.6 Å². The van der Waals surface area contributed by atoms with Crippen LogP contribution in [0.2, 0.25) is 0 Å². The van der Waals surface area contributed by atoms with Gasteiger partial charge in [0.1, 0.15) is 17.3 Å². The van der Waals surface area contributed by atoms with Crippen LogP contribution in [0.3, 0.4) is 0 Å². The number of ether oxygens (including phenoxy) is 2. The molecule has 0 unspecified atom stereocenters. The van der Waals surface area contributed by atoms with Gasteiger partial charge in [-0.15, -0.1) is 4.40 Å². The third-order valence-electron chi connectivity index (χ3n) is 5.56. The molecular weight excluding hydrogens is 418 g/mol. The Hall–Kier alpha value is -3.07. The lowest BCUT2D eigenvalue weighted by Crippen LogP contribution is -2.41. The zero-order chi connectivity index (χ0) is 22.0. The highest BCUT2D eigenvalue weighted by Crippen LogP contribution is 2.29. The minimum Gasteiger partial charge on any atom is -0.496 e. The molecule has 1 atom stereocenters. The van der Waals surface area contributed by atoms with Crippen molar-refractivity contribution in [2.24, 2.45) is 16.0 Å². The molecular formula is C22H25N3O5S. The van der Waals surface area contributed by atoms with Crippen LogP contribution in [0.15, 0.2) is 46.9 Å². The highest BCUT2D eigenvalue weighted by atomic mass is 32.2. The van der Waals surface area contributed by atoms with Crippen LogP contribution in [0.4, 0.5) is 0 Å². The zero-order valence-electron chi connectivity index (χ0n) is 17.3. The van der Waals surface area contributed by atoms with Gasteiger partial charge in [-0.05, 0) is 36.6 Å². The zero-order valence-corrected chi connectivity index (χ0v) is 18.1. The van der Waals surface area contributed by atoms with Crippen LogP contribution in [-0.4, -0.2) is 51.9 Å². The summed E-state index contributed by atoms with van der Waals surface area (Å²) in [4.78, 5) is 14.8. The summed E-state index contributed by atoms with van der Waals surface area (Å²) in [7, 11) is -2.04. The Morgan fingerprint density at radius 2 is 1.97 bits per heavy atom. The quantitative estimate of drug-likeness (QED) is 0.758. The summed E-state index contributed by atoms with van der Waals surface area (Å²) in [5.41, 5.74) is 7.58. The van der Waals surface area contributed by atoms with Crippen LogP contribution < -0.4 is 15.2 Å². The minimum atomic E-state index is -3.59. The number of para-hydroxylation sites is 1. The second-order valence-electron chi connectivity index (χ2n) is 7.76. The number of piperidine rings is 1. The number of fused-ring (bicyclic) bond motifs is 1. The van der Waals surface area contributed by atoms with Crippen LogP contribution in [0.25, 0.3) is 0 Å². The van der Waals surface area contributed by atoms with Gasteiger partial charge in [-0.1, -0.05) is 24.3 Å². The molecule has 0 saturated carbocycles. The van der Waals surface area contributed by atoms with Crippen LogP contribution in [-0.2, 0) is 15.8 Å². The average molecular weight is 444 g/mol. The normalized spacial score (nSPS) is 19.8. The maximum Gasteiger partial charge on any atom is 0.259 e. The van der Waals surface area contributed by atoms with Gasteiger partial charge >= 0.3 is 0 Å². The van der Waals surface area contributed by atoms with Gasteiger partial charge in [-0.3, -0.25) is 4.79 Å². The standard InChI is InChI=1S/C22H25N3O5S/c1-29-18-9-3-2-8-17(18)22(26)25-11-5-6-15(12-25)13-30-19-10-4-7-16-14-31(27,28)24-21(23)20(16)19/h2-4,7-10,15H,5-6,11-14H2,1H3,(H2,23,24)/t15-/m0/s1. The fourth-order valence-corrected chi connectivity index (χ4v) is 5.21. The number of amides is 1. The van der Waals surface area contributed by atoms with E-state index in [0.717, 1.165) is 12.8 Å². The second kappa shape index (κ2) is 8.58. The van der Waals surface area contributed by atoms with Crippen molar-refractivity contribution >= 4 is 21.8 Å². The maximum absolute atomic E-state index is 13.0. The summed E-state index contributed by atoms with van der Waals surface area (Å²) in [5.74, 6) is 0.932. The van der Waals surface area contributed by atoms with Gasteiger partial charge < -0.3 is 20.1 Å². The minimum absolute atomic E-state index is 0.0477. The molecule has 1 fully saturated rings. The number of methoxy groups -OCH3 is 1. The van der Waals surface area contributed by atoms with E-state index in [2.05, 4.69) is 4.40 Å². The largest absolute Gasteiger partial charge is 0.496 e. The molecule has 8 nitrogen and oxygen atoms in total. The first-order valence-electron chi connectivity index (χ1n) is 10.1. The van der Waals surface area contributed by atoms with Crippen LogP contribution in [0, 0.1) is 5.92 Å². The van der Waals surface area contributed by atoms with E-state index in [1.54, 1.807) is 37.4 Å². The lowest BCUT2D eigenvalue weighted by molar-refractivity contribution is 0.0630. The van der Waals surface area contributed by atoms with Gasteiger partial charge in [-0.25, -0.2) is 8.42 Å². The Labute approximate surface area is 181 Å². The molecule has 0 aliphatic carbocycles. The lowest BCUT2D eigenvalue weighted by Gasteiger charge is -2.33. The summed E-state index contributed by atoms with van der Waals surface area (Å²) < 4.78 is 38.7. The average Bonchev–Trinajstić information content (AvgIpc) is 2.76. The summed E-state index contributed by atoms with van der Waals surface area (Å²) in [6.07, 6.45) is 1.81. The molecule has 2 aromatic carbocycles. The van der Waals surface area contributed by atoms with Crippen molar-refractivity contribution in [3.05, 3.63) is 59.2 Å². The number of rotatable bonds is 5. The number of benzene rings is 2. The Morgan fingerprint density at radius 1 is 1.19 bits per heavy atom. The third kappa shape index (κ3) is 4.51. The molecule has 9 heteroatoms. The molecule has 0 bridgehead atoms. The van der Waals surface area contributed by atoms with E-state index in [9.17, 15) is 13.2 Å². The number of likely N-dealkylation sites (tertiary alicyclic amines) is 1. The molecule has 0 aromatic heterocycles. The van der Waals surface area contributed by atoms with Crippen molar-refractivity contribution in [1.29, 1.82) is 0 Å². The van der Waals surface area contributed by atoms with Crippen molar-refractivity contribution in [3.8, 4) is 11.5 Å². The SMILES string of the molecule is COc1ccccc1C(=O)N1CCC[C@H](COc2cccc3c2C(N)=NS(=O)(=O)C3)C1. The summed E-state index contributed by atoms with van der Waals surface area (Å²) in [6, 6.07) is 12.4. The molecule has 0 spiro atoms. The summed E-state index contributed by atoms with van der Waals surface area (Å²) in [6.45, 7) is 1.65. The number of carbonyl (C=O) groups is 1. The molecule has 2 aliphatic rings. The number of nitrogens with two attached hydrogens (primary N) is 1. The van der Waals surface area contributed by atoms with Crippen LogP contribution in [0.5, 0.6) is 11.5 Å². The van der Waals surface area contributed by atoms with E-state index in [4.69, 9.17) is 15.2 Å². The Morgan fingerprint density at radius 3 is 2.77 bits per heavy atom. The molecule has 164 valence electrons. The molecule has 1 saturated heterocycles. The van der Waals surface area contributed by atoms with Crippen LogP contribution >= 0.6 is 0 Å². The van der Waals surface area contributed by atoms with Gasteiger partial charge in [-0.2, -0.15) is 0 Å². The molecule has 2 N–H and O–H groups in total. The molecule has 4 rings (SSSR count). The first-order valence-corrected chi connectivity index (χ1v) is 11.7. The highest BCUT2D eigenvalue weighted by Gasteiger charge is 2.28. The molecule has 2 aliphatic heterocycles. The number of sulfonamides is 1. The van der Waals surface area contributed by atoms with Crippen molar-refractivity contribution in [3.63, 3.8) is 0 Å². The first-order chi connectivity index (χ1) is 14.9. The molecule has 0 radical (unpaired) electrons. The summed E-state index contributed by atoms with van der Waals surface area (Å²) in [5, 5.41) is 0. The monoisotopic (exact) mass is 443 g/mol. The smallest absolute Gasteiger partial charge is 0.259 e. The molecule has 2 heterocycles. The van der Waals surface area contributed by atoms with E-state index in [1.165, 1.54) is 0 Å². The number of hydrogen-bond donors (Lipinski definition) is 1. The maximum atomic E-state index is 13.0. The van der Waals surface area contributed by atoms with Gasteiger partial charge in [0.15, 0.2) is 0 Å². The Kier molecular flexibility index (Phi) is 5.86.